The van der Waals surface area contributed by atoms with E-state index in [4.69, 9.17) is 15.0 Å². The number of hydrogen-bond acceptors (Lipinski definition) is 13. The molecule has 2 aliphatic heterocycles. The molecule has 0 bridgehead atoms. The van der Waals surface area contributed by atoms with Crippen molar-refractivity contribution < 1.29 is 20.7 Å². The maximum absolute atomic E-state index is 12.7. The number of nitrogens with one attached hydrogen (secondary N) is 2. The summed E-state index contributed by atoms with van der Waals surface area (Å²) in [6, 6.07) is 9.79. The van der Waals surface area contributed by atoms with Crippen LogP contribution in [0.1, 0.15) is 60.2 Å². The fourth-order valence-corrected chi connectivity index (χ4v) is 4.76. The Hall–Kier alpha value is -3.95. The Morgan fingerprint density at radius 2 is 1.36 bits per heavy atom. The van der Waals surface area contributed by atoms with Gasteiger partial charge >= 0.3 is 0 Å². The number of benzene rings is 2. The summed E-state index contributed by atoms with van der Waals surface area (Å²) in [7, 11) is 0. The van der Waals surface area contributed by atoms with Gasteiger partial charge in [0.05, 0.1) is 11.3 Å². The van der Waals surface area contributed by atoms with Gasteiger partial charge in [0.15, 0.2) is 0 Å². The van der Waals surface area contributed by atoms with Gasteiger partial charge in [-0.3, -0.25) is 4.79 Å². The fourth-order valence-electron chi connectivity index (χ4n) is 4.76. The molecule has 2 aromatic carbocycles. The summed E-state index contributed by atoms with van der Waals surface area (Å²) in [5.74, 6) is 1.05. The van der Waals surface area contributed by atoms with Crippen LogP contribution in [0.5, 0.6) is 11.5 Å². The third-order valence-electron chi connectivity index (χ3n) is 6.87. The molecule has 0 unspecified atom stereocenters. The molecular formula is C27H54ClN11O3. The van der Waals surface area contributed by atoms with E-state index in [1.165, 1.54) is 25.0 Å². The van der Waals surface area contributed by atoms with Gasteiger partial charge in [-0.05, 0) is 69.2 Å². The Balaban J connectivity index is -0.000000623. The minimum absolute atomic E-state index is 0. The number of aryl methyl sites for hydroxylation is 1. The summed E-state index contributed by atoms with van der Waals surface area (Å²) in [4.78, 5) is 31.3. The molecule has 242 valence electrons. The molecule has 0 spiro atoms. The molecule has 15 heteroatoms. The smallest absolute Gasteiger partial charge is 0.259 e. The Kier molecular flexibility index (Phi) is 15.5. The lowest BCUT2D eigenvalue weighted by molar-refractivity contribution is 0.102. The number of piperidine rings is 2. The number of para-hydroxylation sites is 1. The maximum Gasteiger partial charge on any atom is 0.259 e. The molecule has 3 aromatic rings. The van der Waals surface area contributed by atoms with E-state index in [1.807, 2.05) is 0 Å². The number of aromatic nitrogens is 3. The van der Waals surface area contributed by atoms with Crippen molar-refractivity contribution in [3.63, 3.8) is 0 Å². The van der Waals surface area contributed by atoms with E-state index in [1.54, 1.807) is 31.2 Å². The van der Waals surface area contributed by atoms with Crippen LogP contribution in [0, 0.1) is 6.92 Å². The van der Waals surface area contributed by atoms with Crippen molar-refractivity contribution >= 4 is 47.5 Å². The third kappa shape index (κ3) is 8.77. The SMILES string of the molecule is Cc1cccc(C(=O)Nc2ccc(Nc3nc(N4CCCCC4)nc(N4CCCCC4)n3)cc2O)c1O.Cl.N.N.N.N.[HH].[HH].[HH].[HH]. The zero-order valence-electron chi connectivity index (χ0n) is 24.3. The molecule has 0 saturated carbocycles. The number of carbonyl (C=O) groups is 1. The largest absolute Gasteiger partial charge is 0.507 e. The predicted octanol–water partition coefficient (Wildman–Crippen LogP) is 6.62. The second-order valence-corrected chi connectivity index (χ2v) is 9.64. The highest BCUT2D eigenvalue weighted by molar-refractivity contribution is 6.07. The van der Waals surface area contributed by atoms with Crippen LogP contribution in [0.3, 0.4) is 0 Å². The van der Waals surface area contributed by atoms with Gasteiger partial charge < -0.3 is 55.2 Å². The number of aromatic hydroxyl groups is 2. The lowest BCUT2D eigenvalue weighted by Crippen LogP contribution is -2.34. The number of carbonyl (C=O) groups excluding carboxylic acids is 1. The summed E-state index contributed by atoms with van der Waals surface area (Å²) in [5.41, 5.74) is 1.55. The van der Waals surface area contributed by atoms with Crippen LogP contribution < -0.4 is 45.0 Å². The molecule has 42 heavy (non-hydrogen) atoms. The van der Waals surface area contributed by atoms with Crippen molar-refractivity contribution in [3.8, 4) is 11.5 Å². The summed E-state index contributed by atoms with van der Waals surface area (Å²) < 4.78 is 0. The molecule has 2 fully saturated rings. The summed E-state index contributed by atoms with van der Waals surface area (Å²) >= 11 is 0. The number of hydrogen-bond donors (Lipinski definition) is 8. The average Bonchev–Trinajstić information content (AvgIpc) is 2.92. The first kappa shape index (κ1) is 38.0. The molecule has 5 rings (SSSR count). The lowest BCUT2D eigenvalue weighted by atomic mass is 10.1. The molecule has 1 aromatic heterocycles. The quantitative estimate of drug-likeness (QED) is 0.135. The van der Waals surface area contributed by atoms with Crippen molar-refractivity contribution in [2.45, 2.75) is 45.4 Å². The highest BCUT2D eigenvalue weighted by atomic mass is 35.5. The number of amides is 1. The number of rotatable bonds is 6. The summed E-state index contributed by atoms with van der Waals surface area (Å²) in [6.45, 7) is 5.42. The molecular weight excluding hydrogens is 562 g/mol. The summed E-state index contributed by atoms with van der Waals surface area (Å²) in [5, 5.41) is 26.7. The normalized spacial score (nSPS) is 14.0. The van der Waals surface area contributed by atoms with Gasteiger partial charge in [-0.2, -0.15) is 15.0 Å². The van der Waals surface area contributed by atoms with E-state index in [0.29, 0.717) is 29.1 Å². The molecule has 3 heterocycles. The monoisotopic (exact) mass is 615 g/mol. The van der Waals surface area contributed by atoms with Gasteiger partial charge in [-0.25, -0.2) is 0 Å². The second kappa shape index (κ2) is 17.1. The van der Waals surface area contributed by atoms with Crippen molar-refractivity contribution in [2.75, 3.05) is 46.6 Å². The number of anilines is 5. The molecule has 16 N–H and O–H groups in total. The minimum Gasteiger partial charge on any atom is -0.507 e. The topological polar surface area (TPSA) is 267 Å². The van der Waals surface area contributed by atoms with E-state index in [-0.39, 0.29) is 65.5 Å². The van der Waals surface area contributed by atoms with Gasteiger partial charge in [-0.15, -0.1) is 12.4 Å². The van der Waals surface area contributed by atoms with E-state index in [2.05, 4.69) is 20.4 Å². The third-order valence-corrected chi connectivity index (χ3v) is 6.87. The van der Waals surface area contributed by atoms with Crippen molar-refractivity contribution in [1.82, 2.24) is 39.6 Å². The van der Waals surface area contributed by atoms with Crippen LogP contribution in [-0.4, -0.2) is 57.3 Å². The van der Waals surface area contributed by atoms with E-state index in [0.717, 1.165) is 51.9 Å². The molecule has 0 aliphatic carbocycles. The first-order valence-electron chi connectivity index (χ1n) is 12.9. The predicted molar refractivity (Wildman–Crippen MR) is 180 cm³/mol. The number of halogens is 1. The molecule has 14 nitrogen and oxygen atoms in total. The Morgan fingerprint density at radius 1 is 0.810 bits per heavy atom. The number of nitrogens with zero attached hydrogens (tertiary/aromatic N) is 5. The van der Waals surface area contributed by atoms with Crippen molar-refractivity contribution in [2.24, 2.45) is 0 Å². The lowest BCUT2D eigenvalue weighted by Gasteiger charge is -2.30. The zero-order valence-corrected chi connectivity index (χ0v) is 25.1. The Labute approximate surface area is 259 Å². The van der Waals surface area contributed by atoms with E-state index < -0.39 is 5.91 Å². The van der Waals surface area contributed by atoms with Gasteiger partial charge in [0.2, 0.25) is 17.8 Å². The average molecular weight is 616 g/mol. The van der Waals surface area contributed by atoms with E-state index >= 15 is 0 Å². The minimum atomic E-state index is -0.507. The Morgan fingerprint density at radius 3 is 1.88 bits per heavy atom. The first-order chi connectivity index (χ1) is 18.0. The standard InChI is InChI=1S/C27H33N7O3.ClH.4H3N.4H2/c1-18-9-8-10-20(23(18)36)24(37)29-21-12-11-19(17-22(21)35)28-25-30-26(33-13-4-2-5-14-33)32-27(31-25)34-15-6-3-7-16-34;;;;;;;;;/h8-12,17,35-36H,2-7,13-16H2,1H3,(H,29,37)(H,28,30,31,32);1H;4*1H3;4*1H. The van der Waals surface area contributed by atoms with Crippen LogP contribution in [0.4, 0.5) is 29.2 Å². The van der Waals surface area contributed by atoms with Crippen LogP contribution in [-0.2, 0) is 0 Å². The summed E-state index contributed by atoms with van der Waals surface area (Å²) in [6.07, 6.45) is 6.92. The molecule has 2 aliphatic rings. The second-order valence-electron chi connectivity index (χ2n) is 9.64. The number of phenolic OH excluding ortho intramolecular Hbond substituents is 2. The molecule has 0 radical (unpaired) electrons. The van der Waals surface area contributed by atoms with Gasteiger partial charge in [0.1, 0.15) is 11.5 Å². The van der Waals surface area contributed by atoms with Crippen LogP contribution in [0.25, 0.3) is 0 Å². The first-order valence-corrected chi connectivity index (χ1v) is 12.9. The zero-order chi connectivity index (χ0) is 25.8. The number of phenols is 2. The van der Waals surface area contributed by atoms with Crippen LogP contribution in [0.2, 0.25) is 0 Å². The van der Waals surface area contributed by atoms with E-state index in [9.17, 15) is 15.0 Å². The van der Waals surface area contributed by atoms with Gasteiger partial charge in [-0.1, -0.05) is 12.1 Å². The van der Waals surface area contributed by atoms with Crippen molar-refractivity contribution in [3.05, 3.63) is 47.5 Å². The maximum atomic E-state index is 12.7. The van der Waals surface area contributed by atoms with Crippen LogP contribution in [0.15, 0.2) is 36.4 Å². The highest BCUT2D eigenvalue weighted by Crippen LogP contribution is 2.31. The highest BCUT2D eigenvalue weighted by Gasteiger charge is 2.21. The van der Waals surface area contributed by atoms with Gasteiger partial charge in [0, 0.05) is 43.6 Å². The Bertz CT molecular complexity index is 1270. The van der Waals surface area contributed by atoms with Crippen molar-refractivity contribution in [1.29, 1.82) is 0 Å². The molecule has 0 atom stereocenters. The van der Waals surface area contributed by atoms with Crippen LogP contribution >= 0.6 is 12.4 Å². The fraction of sp³-hybridized carbons (Fsp3) is 0.407. The van der Waals surface area contributed by atoms with Gasteiger partial charge in [0.25, 0.3) is 5.91 Å². The molecule has 1 amide bonds. The molecule has 2 saturated heterocycles.